The molecule has 4 heteroatoms. The molecule has 1 atom stereocenters. The number of rotatable bonds is 5. The Morgan fingerprint density at radius 1 is 1.21 bits per heavy atom. The van der Waals surface area contributed by atoms with Crippen LogP contribution < -0.4 is 5.32 Å². The van der Waals surface area contributed by atoms with Gasteiger partial charge in [0.25, 0.3) is 0 Å². The summed E-state index contributed by atoms with van der Waals surface area (Å²) in [5, 5.41) is 7.99. The zero-order valence-electron chi connectivity index (χ0n) is 11.0. The topological polar surface area (TPSA) is 12.0 Å². The number of nitrogens with one attached hydrogen (secondary N) is 1. The third-order valence-corrected chi connectivity index (χ3v) is 5.16. The van der Waals surface area contributed by atoms with E-state index in [0.717, 1.165) is 17.4 Å². The Morgan fingerprint density at radius 3 is 2.58 bits per heavy atom. The second-order valence-corrected chi connectivity index (χ2v) is 7.14. The Morgan fingerprint density at radius 2 is 2.00 bits per heavy atom. The summed E-state index contributed by atoms with van der Waals surface area (Å²) in [7, 11) is 0. The number of aryl methyl sites for hydroxylation is 1. The molecule has 1 heterocycles. The van der Waals surface area contributed by atoms with Crippen LogP contribution in [0.4, 0.5) is 0 Å². The smallest absolute Gasteiger partial charge is 0.0596 e. The molecule has 19 heavy (non-hydrogen) atoms. The zero-order chi connectivity index (χ0) is 13.8. The molecule has 1 nitrogen and oxygen atoms in total. The first-order chi connectivity index (χ1) is 9.11. The van der Waals surface area contributed by atoms with Crippen LogP contribution in [0.15, 0.2) is 37.9 Å². The maximum absolute atomic E-state index is 3.65. The van der Waals surface area contributed by atoms with Crippen LogP contribution in [0.5, 0.6) is 0 Å². The van der Waals surface area contributed by atoms with Gasteiger partial charge in [0.1, 0.15) is 0 Å². The standard InChI is InChI=1S/C15H17Br2NS/c1-3-4-18-15(13-8-19-9-14(13)17)11-5-10(2)6-12(16)7-11/h5-9,15,18H,3-4H2,1-2H3. The van der Waals surface area contributed by atoms with E-state index in [0.29, 0.717) is 0 Å². The average Bonchev–Trinajstić information content (AvgIpc) is 2.75. The summed E-state index contributed by atoms with van der Waals surface area (Å²) in [6, 6.07) is 6.84. The van der Waals surface area contributed by atoms with Crippen molar-refractivity contribution in [1.82, 2.24) is 5.32 Å². The summed E-state index contributed by atoms with van der Waals surface area (Å²) in [4.78, 5) is 0. The first-order valence-corrected chi connectivity index (χ1v) is 8.86. The third kappa shape index (κ3) is 3.91. The highest BCUT2D eigenvalue weighted by molar-refractivity contribution is 9.10. The van der Waals surface area contributed by atoms with Gasteiger partial charge in [-0.15, -0.1) is 0 Å². The Kier molecular flexibility index (Phi) is 5.63. The molecule has 1 aromatic carbocycles. The molecule has 0 saturated carbocycles. The molecule has 0 aliphatic rings. The lowest BCUT2D eigenvalue weighted by Gasteiger charge is -2.20. The fourth-order valence-electron chi connectivity index (χ4n) is 2.12. The van der Waals surface area contributed by atoms with Crippen LogP contribution in [0.2, 0.25) is 0 Å². The predicted molar refractivity (Wildman–Crippen MR) is 91.0 cm³/mol. The number of benzene rings is 1. The molecule has 1 unspecified atom stereocenters. The number of thiophene rings is 1. The van der Waals surface area contributed by atoms with Gasteiger partial charge in [0, 0.05) is 14.3 Å². The van der Waals surface area contributed by atoms with E-state index >= 15 is 0 Å². The first kappa shape index (κ1) is 15.2. The van der Waals surface area contributed by atoms with Crippen molar-refractivity contribution in [1.29, 1.82) is 0 Å². The molecule has 0 spiro atoms. The van der Waals surface area contributed by atoms with Crippen molar-refractivity contribution in [2.75, 3.05) is 6.54 Å². The fourth-order valence-corrected chi connectivity index (χ4v) is 4.30. The van der Waals surface area contributed by atoms with E-state index in [4.69, 9.17) is 0 Å². The minimum absolute atomic E-state index is 0.247. The molecule has 2 rings (SSSR count). The van der Waals surface area contributed by atoms with Gasteiger partial charge in [-0.1, -0.05) is 28.9 Å². The van der Waals surface area contributed by atoms with Crippen molar-refractivity contribution in [2.24, 2.45) is 0 Å². The van der Waals surface area contributed by atoms with Gasteiger partial charge in [-0.2, -0.15) is 11.3 Å². The molecule has 1 aromatic heterocycles. The van der Waals surface area contributed by atoms with E-state index < -0.39 is 0 Å². The van der Waals surface area contributed by atoms with Gasteiger partial charge in [-0.25, -0.2) is 0 Å². The van der Waals surface area contributed by atoms with Crippen molar-refractivity contribution in [3.05, 3.63) is 54.6 Å². The third-order valence-electron chi connectivity index (χ3n) is 2.95. The second-order valence-electron chi connectivity index (χ2n) is 4.62. The molecule has 0 bridgehead atoms. The monoisotopic (exact) mass is 401 g/mol. The molecular weight excluding hydrogens is 386 g/mol. The summed E-state index contributed by atoms with van der Waals surface area (Å²) < 4.78 is 2.32. The molecule has 0 radical (unpaired) electrons. The molecule has 102 valence electrons. The van der Waals surface area contributed by atoms with Gasteiger partial charge in [-0.3, -0.25) is 0 Å². The van der Waals surface area contributed by atoms with Crippen LogP contribution in [-0.2, 0) is 0 Å². The summed E-state index contributed by atoms with van der Waals surface area (Å²) in [5.41, 5.74) is 3.90. The Balaban J connectivity index is 2.39. The molecule has 0 saturated heterocycles. The predicted octanol–water partition coefficient (Wildman–Crippen LogP) is 5.67. The van der Waals surface area contributed by atoms with E-state index in [1.165, 1.54) is 21.2 Å². The number of hydrogen-bond donors (Lipinski definition) is 1. The minimum atomic E-state index is 0.247. The van der Waals surface area contributed by atoms with Crippen LogP contribution in [-0.4, -0.2) is 6.54 Å². The molecule has 0 aliphatic heterocycles. The first-order valence-electron chi connectivity index (χ1n) is 6.34. The molecule has 0 fully saturated rings. The van der Waals surface area contributed by atoms with Crippen molar-refractivity contribution in [3.63, 3.8) is 0 Å². The quantitative estimate of drug-likeness (QED) is 0.679. The maximum Gasteiger partial charge on any atom is 0.0596 e. The summed E-state index contributed by atoms with van der Waals surface area (Å²) in [6.45, 7) is 5.34. The van der Waals surface area contributed by atoms with Gasteiger partial charge in [0.05, 0.1) is 6.04 Å². The van der Waals surface area contributed by atoms with Crippen molar-refractivity contribution in [2.45, 2.75) is 26.3 Å². The second kappa shape index (κ2) is 7.02. The van der Waals surface area contributed by atoms with Crippen molar-refractivity contribution >= 4 is 43.2 Å². The minimum Gasteiger partial charge on any atom is -0.306 e. The summed E-state index contributed by atoms with van der Waals surface area (Å²) in [5.74, 6) is 0. The normalized spacial score (nSPS) is 12.6. The van der Waals surface area contributed by atoms with E-state index in [1.54, 1.807) is 11.3 Å². The van der Waals surface area contributed by atoms with Gasteiger partial charge in [-0.05, 0) is 70.0 Å². The van der Waals surface area contributed by atoms with Crippen molar-refractivity contribution in [3.8, 4) is 0 Å². The highest BCUT2D eigenvalue weighted by atomic mass is 79.9. The Hall–Kier alpha value is -0.160. The van der Waals surface area contributed by atoms with E-state index in [1.807, 2.05) is 0 Å². The average molecular weight is 403 g/mol. The van der Waals surface area contributed by atoms with Gasteiger partial charge in [0.15, 0.2) is 0 Å². The Bertz CT molecular complexity index is 531. The summed E-state index contributed by atoms with van der Waals surface area (Å²) in [6.07, 6.45) is 1.13. The fraction of sp³-hybridized carbons (Fsp3) is 0.333. The van der Waals surface area contributed by atoms with Crippen LogP contribution in [0, 0.1) is 6.92 Å². The van der Waals surface area contributed by atoms with E-state index in [-0.39, 0.29) is 6.04 Å². The molecular formula is C15H17Br2NS. The van der Waals surface area contributed by atoms with Crippen LogP contribution in [0.1, 0.15) is 36.1 Å². The van der Waals surface area contributed by atoms with Crippen molar-refractivity contribution < 1.29 is 0 Å². The highest BCUT2D eigenvalue weighted by Gasteiger charge is 2.17. The SMILES string of the molecule is CCCNC(c1cc(C)cc(Br)c1)c1cscc1Br. The van der Waals surface area contributed by atoms with Gasteiger partial charge >= 0.3 is 0 Å². The lowest BCUT2D eigenvalue weighted by molar-refractivity contribution is 0.598. The molecule has 0 aliphatic carbocycles. The lowest BCUT2D eigenvalue weighted by atomic mass is 9.99. The van der Waals surface area contributed by atoms with E-state index in [2.05, 4.69) is 80.0 Å². The van der Waals surface area contributed by atoms with Crippen LogP contribution >= 0.6 is 43.2 Å². The Labute approximate surface area is 135 Å². The maximum atomic E-state index is 3.65. The molecule has 2 aromatic rings. The molecule has 1 N–H and O–H groups in total. The number of hydrogen-bond acceptors (Lipinski definition) is 2. The van der Waals surface area contributed by atoms with Crippen LogP contribution in [0.3, 0.4) is 0 Å². The molecule has 0 amide bonds. The van der Waals surface area contributed by atoms with Gasteiger partial charge < -0.3 is 5.32 Å². The highest BCUT2D eigenvalue weighted by Crippen LogP contribution is 2.33. The van der Waals surface area contributed by atoms with Gasteiger partial charge in [0.2, 0.25) is 0 Å². The van der Waals surface area contributed by atoms with E-state index in [9.17, 15) is 0 Å². The zero-order valence-corrected chi connectivity index (χ0v) is 15.0. The van der Waals surface area contributed by atoms with Crippen LogP contribution in [0.25, 0.3) is 0 Å². The summed E-state index contributed by atoms with van der Waals surface area (Å²) >= 11 is 8.98. The largest absolute Gasteiger partial charge is 0.306 e. The lowest BCUT2D eigenvalue weighted by Crippen LogP contribution is -2.23. The number of halogens is 2.